The molecule has 2 heteroatoms. The summed E-state index contributed by atoms with van der Waals surface area (Å²) < 4.78 is 6.57. The number of methoxy groups -OCH3 is 1. The Hall–Kier alpha value is -0.877. The SMILES string of the molecule is COc1ccc2c[c]([Zn])ccc2c1. The van der Waals surface area contributed by atoms with Gasteiger partial charge in [-0.25, -0.2) is 0 Å². The van der Waals surface area contributed by atoms with Crippen molar-refractivity contribution in [3.05, 3.63) is 36.4 Å². The fourth-order valence-electron chi connectivity index (χ4n) is 1.40. The standard InChI is InChI=1S/C11H9O.Zn/c1-12-11-7-6-9-4-2-3-5-10(9)8-11;/h3-8H,1H3;. The second-order valence-corrected chi connectivity index (χ2v) is 4.76. The molecule has 0 aliphatic heterocycles. The van der Waals surface area contributed by atoms with E-state index in [9.17, 15) is 0 Å². The second kappa shape index (κ2) is 3.47. The number of ether oxygens (including phenoxy) is 1. The molecule has 61 valence electrons. The van der Waals surface area contributed by atoms with Gasteiger partial charge in [-0.05, 0) is 0 Å². The fraction of sp³-hybridized carbons (Fsp3) is 0.0909. The third kappa shape index (κ3) is 1.73. The minimum absolute atomic E-state index is 0.923. The Morgan fingerprint density at radius 2 is 1.69 bits per heavy atom. The number of rotatable bonds is 1. The summed E-state index contributed by atoms with van der Waals surface area (Å²) in [6.45, 7) is 0. The predicted molar refractivity (Wildman–Crippen MR) is 50.1 cm³/mol. The third-order valence-corrected chi connectivity index (χ3v) is 3.03. The van der Waals surface area contributed by atoms with Gasteiger partial charge < -0.3 is 0 Å². The Kier molecular flexibility index (Phi) is 2.33. The van der Waals surface area contributed by atoms with Crippen molar-refractivity contribution in [2.75, 3.05) is 7.11 Å². The average Bonchev–Trinajstić information content (AvgIpc) is 2.17. The molecule has 13 heavy (non-hydrogen) atoms. The molecule has 0 saturated heterocycles. The zero-order valence-corrected chi connectivity index (χ0v) is 10.5. The molecular formula is C11H9OZn. The molecule has 2 aromatic carbocycles. The molecule has 0 spiro atoms. The number of benzene rings is 2. The van der Waals surface area contributed by atoms with E-state index in [2.05, 4.69) is 30.3 Å². The van der Waals surface area contributed by atoms with Crippen LogP contribution in [0.3, 0.4) is 0 Å². The summed E-state index contributed by atoms with van der Waals surface area (Å²) in [5.74, 6) is 0.923. The molecule has 1 nitrogen and oxygen atoms in total. The van der Waals surface area contributed by atoms with Crippen molar-refractivity contribution in [2.24, 2.45) is 0 Å². The average molecular weight is 223 g/mol. The van der Waals surface area contributed by atoms with E-state index in [1.165, 1.54) is 33.2 Å². The van der Waals surface area contributed by atoms with Crippen LogP contribution in [0, 0.1) is 0 Å². The maximum atomic E-state index is 5.16. The van der Waals surface area contributed by atoms with Gasteiger partial charge in [-0.2, -0.15) is 0 Å². The Labute approximate surface area is 87.4 Å². The van der Waals surface area contributed by atoms with Crippen LogP contribution in [0.5, 0.6) is 5.75 Å². The van der Waals surface area contributed by atoms with Gasteiger partial charge in [0.1, 0.15) is 0 Å². The Bertz CT molecular complexity index is 437. The van der Waals surface area contributed by atoms with Gasteiger partial charge in [0.15, 0.2) is 0 Å². The fourth-order valence-corrected chi connectivity index (χ4v) is 2.11. The van der Waals surface area contributed by atoms with E-state index >= 15 is 0 Å². The van der Waals surface area contributed by atoms with Crippen molar-refractivity contribution in [3.63, 3.8) is 0 Å². The van der Waals surface area contributed by atoms with Gasteiger partial charge in [0.05, 0.1) is 0 Å². The van der Waals surface area contributed by atoms with E-state index < -0.39 is 0 Å². The van der Waals surface area contributed by atoms with Crippen LogP contribution in [0.1, 0.15) is 0 Å². The Morgan fingerprint density at radius 3 is 2.46 bits per heavy atom. The van der Waals surface area contributed by atoms with Gasteiger partial charge in [-0.15, -0.1) is 0 Å². The van der Waals surface area contributed by atoms with Crippen molar-refractivity contribution in [3.8, 4) is 5.75 Å². The molecular weight excluding hydrogens is 214 g/mol. The molecule has 0 unspecified atom stereocenters. The molecule has 2 aromatic rings. The van der Waals surface area contributed by atoms with Gasteiger partial charge in [-0.3, -0.25) is 0 Å². The number of hydrogen-bond donors (Lipinski definition) is 0. The topological polar surface area (TPSA) is 9.23 Å². The first-order valence-electron chi connectivity index (χ1n) is 4.19. The van der Waals surface area contributed by atoms with Crippen molar-refractivity contribution < 1.29 is 23.0 Å². The molecule has 0 heterocycles. The van der Waals surface area contributed by atoms with Crippen molar-refractivity contribution in [1.82, 2.24) is 0 Å². The van der Waals surface area contributed by atoms with Crippen molar-refractivity contribution in [1.29, 1.82) is 0 Å². The van der Waals surface area contributed by atoms with E-state index in [1.807, 2.05) is 6.07 Å². The molecule has 0 fully saturated rings. The van der Waals surface area contributed by atoms with Gasteiger partial charge >= 0.3 is 87.2 Å². The first kappa shape index (κ1) is 8.71. The van der Waals surface area contributed by atoms with Gasteiger partial charge in [0.25, 0.3) is 0 Å². The van der Waals surface area contributed by atoms with Crippen LogP contribution in [0.25, 0.3) is 10.8 Å². The van der Waals surface area contributed by atoms with Crippen LogP contribution in [-0.4, -0.2) is 7.11 Å². The summed E-state index contributed by atoms with van der Waals surface area (Å²) >= 11 is 1.21. The quantitative estimate of drug-likeness (QED) is 0.671. The zero-order chi connectivity index (χ0) is 9.26. The Morgan fingerprint density at radius 1 is 1.00 bits per heavy atom. The molecule has 0 amide bonds. The molecule has 0 bridgehead atoms. The van der Waals surface area contributed by atoms with Crippen LogP contribution in [0.2, 0.25) is 0 Å². The summed E-state index contributed by atoms with van der Waals surface area (Å²) in [5, 5.41) is 2.54. The van der Waals surface area contributed by atoms with Gasteiger partial charge in [0.2, 0.25) is 0 Å². The normalized spacial score (nSPS) is 10.4. The number of hydrogen-bond acceptors (Lipinski definition) is 1. The van der Waals surface area contributed by atoms with E-state index in [0.717, 1.165) is 5.75 Å². The molecule has 0 aliphatic rings. The molecule has 2 rings (SSSR count). The summed E-state index contributed by atoms with van der Waals surface area (Å²) in [6.07, 6.45) is 0. The van der Waals surface area contributed by atoms with Crippen molar-refractivity contribution in [2.45, 2.75) is 0 Å². The monoisotopic (exact) mass is 221 g/mol. The zero-order valence-electron chi connectivity index (χ0n) is 7.58. The summed E-state index contributed by atoms with van der Waals surface area (Å²) in [5.41, 5.74) is 0. The van der Waals surface area contributed by atoms with Gasteiger partial charge in [0, 0.05) is 0 Å². The van der Waals surface area contributed by atoms with E-state index in [1.54, 1.807) is 7.11 Å². The van der Waals surface area contributed by atoms with Crippen LogP contribution in [-0.2, 0) is 18.3 Å². The molecule has 0 aliphatic carbocycles. The number of fused-ring (bicyclic) bond motifs is 1. The van der Waals surface area contributed by atoms with Crippen molar-refractivity contribution >= 4 is 14.9 Å². The van der Waals surface area contributed by atoms with E-state index in [4.69, 9.17) is 4.74 Å². The van der Waals surface area contributed by atoms with E-state index in [-0.39, 0.29) is 0 Å². The van der Waals surface area contributed by atoms with E-state index in [0.29, 0.717) is 0 Å². The van der Waals surface area contributed by atoms with Crippen LogP contribution in [0.15, 0.2) is 36.4 Å². The van der Waals surface area contributed by atoms with Gasteiger partial charge in [-0.1, -0.05) is 0 Å². The molecule has 0 N–H and O–H groups in total. The molecule has 0 aromatic heterocycles. The van der Waals surface area contributed by atoms with Crippen LogP contribution in [0.4, 0.5) is 0 Å². The molecule has 0 saturated carbocycles. The Balaban J connectivity index is 2.66. The predicted octanol–water partition coefficient (Wildman–Crippen LogP) is 2.02. The van der Waals surface area contributed by atoms with Crippen LogP contribution >= 0.6 is 0 Å². The summed E-state index contributed by atoms with van der Waals surface area (Å²) in [6, 6.07) is 12.7. The molecule has 0 radical (unpaired) electrons. The second-order valence-electron chi connectivity index (χ2n) is 3.05. The summed E-state index contributed by atoms with van der Waals surface area (Å²) in [4.78, 5) is 0. The minimum atomic E-state index is 0.923. The third-order valence-electron chi connectivity index (χ3n) is 2.11. The first-order chi connectivity index (χ1) is 6.29. The maximum absolute atomic E-state index is 5.16. The first-order valence-corrected chi connectivity index (χ1v) is 5.68. The summed E-state index contributed by atoms with van der Waals surface area (Å²) in [7, 11) is 1.70. The van der Waals surface area contributed by atoms with Crippen LogP contribution < -0.4 is 8.89 Å². The molecule has 0 atom stereocenters.